The molecule has 0 bridgehead atoms. The Bertz CT molecular complexity index is 1300. The van der Waals surface area contributed by atoms with Gasteiger partial charge in [0.15, 0.2) is 11.5 Å². The zero-order valence-electron chi connectivity index (χ0n) is 16.0. The van der Waals surface area contributed by atoms with Crippen LogP contribution in [0.4, 0.5) is 10.1 Å². The number of methoxy groups -OCH3 is 1. The minimum absolute atomic E-state index is 0.212. The zero-order valence-corrected chi connectivity index (χ0v) is 16.0. The molecular formula is C23H17FN4O2. The Balaban J connectivity index is 1.73. The highest BCUT2D eigenvalue weighted by Gasteiger charge is 2.28. The Morgan fingerprint density at radius 2 is 1.83 bits per heavy atom. The normalized spacial score (nSPS) is 14.4. The molecule has 5 rings (SSSR count). The SMILES string of the molecule is COc1ccc(-c2nn3c(nc2=O)-c2ccccc2N[C@H]3c2cccc(F)c2)cc1. The van der Waals surface area contributed by atoms with Crippen molar-refractivity contribution in [3.05, 3.63) is 94.5 Å². The molecule has 2 heterocycles. The quantitative estimate of drug-likeness (QED) is 0.561. The highest BCUT2D eigenvalue weighted by atomic mass is 19.1. The van der Waals surface area contributed by atoms with Crippen LogP contribution in [0.3, 0.4) is 0 Å². The zero-order chi connectivity index (χ0) is 20.7. The first-order valence-electron chi connectivity index (χ1n) is 9.41. The van der Waals surface area contributed by atoms with Gasteiger partial charge in [-0.15, -0.1) is 0 Å². The fourth-order valence-corrected chi connectivity index (χ4v) is 3.61. The van der Waals surface area contributed by atoms with E-state index in [4.69, 9.17) is 4.74 Å². The third-order valence-electron chi connectivity index (χ3n) is 5.07. The minimum atomic E-state index is -0.518. The molecular weight excluding hydrogens is 383 g/mol. The standard InChI is InChI=1S/C23H17FN4O2/c1-30-17-11-9-14(10-12-17)20-23(29)26-22-18-7-2-3-8-19(18)25-21(28(22)27-20)15-5-4-6-16(24)13-15/h2-13,21,25H,1H3/t21-/m1/s1. The van der Waals surface area contributed by atoms with Gasteiger partial charge < -0.3 is 10.1 Å². The molecule has 0 spiro atoms. The van der Waals surface area contributed by atoms with E-state index in [1.54, 1.807) is 42.1 Å². The van der Waals surface area contributed by atoms with Crippen molar-refractivity contribution in [1.82, 2.24) is 14.8 Å². The highest BCUT2D eigenvalue weighted by Crippen LogP contribution is 2.36. The van der Waals surface area contributed by atoms with Gasteiger partial charge in [0, 0.05) is 16.8 Å². The summed E-state index contributed by atoms with van der Waals surface area (Å²) in [5.74, 6) is 0.762. The minimum Gasteiger partial charge on any atom is -0.497 e. The number of ether oxygens (including phenoxy) is 1. The average molecular weight is 400 g/mol. The molecule has 0 radical (unpaired) electrons. The summed E-state index contributed by atoms with van der Waals surface area (Å²) in [5, 5.41) is 8.03. The van der Waals surface area contributed by atoms with E-state index >= 15 is 0 Å². The maximum atomic E-state index is 13.9. The van der Waals surface area contributed by atoms with Crippen LogP contribution in [-0.4, -0.2) is 21.9 Å². The van der Waals surface area contributed by atoms with Gasteiger partial charge in [-0.05, 0) is 54.1 Å². The van der Waals surface area contributed by atoms with E-state index in [0.29, 0.717) is 22.7 Å². The lowest BCUT2D eigenvalue weighted by Gasteiger charge is -2.30. The van der Waals surface area contributed by atoms with Crippen LogP contribution in [0.1, 0.15) is 11.7 Å². The van der Waals surface area contributed by atoms with Crippen molar-refractivity contribution in [2.75, 3.05) is 12.4 Å². The average Bonchev–Trinajstić information content (AvgIpc) is 2.78. The summed E-state index contributed by atoms with van der Waals surface area (Å²) in [7, 11) is 1.58. The number of rotatable bonds is 3. The number of anilines is 1. The van der Waals surface area contributed by atoms with Gasteiger partial charge >= 0.3 is 0 Å². The molecule has 0 amide bonds. The van der Waals surface area contributed by atoms with E-state index in [-0.39, 0.29) is 11.5 Å². The van der Waals surface area contributed by atoms with Crippen molar-refractivity contribution in [3.63, 3.8) is 0 Å². The summed E-state index contributed by atoms with van der Waals surface area (Å²) in [6.45, 7) is 0. The lowest BCUT2D eigenvalue weighted by Crippen LogP contribution is -2.32. The molecule has 1 N–H and O–H groups in total. The molecule has 1 aliphatic rings. The molecule has 0 saturated heterocycles. The van der Waals surface area contributed by atoms with E-state index in [1.807, 2.05) is 30.3 Å². The maximum absolute atomic E-state index is 13.9. The van der Waals surface area contributed by atoms with Gasteiger partial charge in [0.1, 0.15) is 17.7 Å². The summed E-state index contributed by atoms with van der Waals surface area (Å²) in [4.78, 5) is 17.2. The number of fused-ring (bicyclic) bond motifs is 3. The van der Waals surface area contributed by atoms with Crippen LogP contribution < -0.4 is 15.6 Å². The van der Waals surface area contributed by atoms with Crippen molar-refractivity contribution >= 4 is 5.69 Å². The van der Waals surface area contributed by atoms with E-state index in [2.05, 4.69) is 15.4 Å². The predicted octanol–water partition coefficient (Wildman–Crippen LogP) is 4.09. The van der Waals surface area contributed by atoms with E-state index in [1.165, 1.54) is 12.1 Å². The number of hydrogen-bond donors (Lipinski definition) is 1. The van der Waals surface area contributed by atoms with Crippen molar-refractivity contribution in [2.24, 2.45) is 0 Å². The monoisotopic (exact) mass is 400 g/mol. The van der Waals surface area contributed by atoms with Gasteiger partial charge in [0.05, 0.1) is 7.11 Å². The first kappa shape index (κ1) is 18.1. The Hall–Kier alpha value is -4.00. The smallest absolute Gasteiger partial charge is 0.300 e. The van der Waals surface area contributed by atoms with Gasteiger partial charge in [-0.2, -0.15) is 10.1 Å². The number of para-hydroxylation sites is 1. The van der Waals surface area contributed by atoms with Crippen LogP contribution in [-0.2, 0) is 0 Å². The largest absolute Gasteiger partial charge is 0.497 e. The van der Waals surface area contributed by atoms with Crippen LogP contribution in [0.2, 0.25) is 0 Å². The van der Waals surface area contributed by atoms with Gasteiger partial charge in [-0.3, -0.25) is 4.79 Å². The van der Waals surface area contributed by atoms with Gasteiger partial charge in [0.25, 0.3) is 5.56 Å². The van der Waals surface area contributed by atoms with Gasteiger partial charge in [-0.25, -0.2) is 9.07 Å². The molecule has 7 heteroatoms. The van der Waals surface area contributed by atoms with Gasteiger partial charge in [0.2, 0.25) is 0 Å². The molecule has 1 aromatic heterocycles. The number of nitrogens with one attached hydrogen (secondary N) is 1. The molecule has 3 aromatic carbocycles. The topological polar surface area (TPSA) is 69.0 Å². The number of halogens is 1. The molecule has 0 unspecified atom stereocenters. The number of benzene rings is 3. The van der Waals surface area contributed by atoms with E-state index < -0.39 is 11.7 Å². The first-order chi connectivity index (χ1) is 14.6. The Labute approximate surface area is 171 Å². The maximum Gasteiger partial charge on any atom is 0.300 e. The van der Waals surface area contributed by atoms with Crippen molar-refractivity contribution < 1.29 is 9.13 Å². The fourth-order valence-electron chi connectivity index (χ4n) is 3.61. The molecule has 0 saturated carbocycles. The highest BCUT2D eigenvalue weighted by molar-refractivity contribution is 5.76. The third-order valence-corrected chi connectivity index (χ3v) is 5.07. The summed E-state index contributed by atoms with van der Waals surface area (Å²) < 4.78 is 20.8. The summed E-state index contributed by atoms with van der Waals surface area (Å²) in [6, 6.07) is 20.9. The molecule has 6 nitrogen and oxygen atoms in total. The molecule has 30 heavy (non-hydrogen) atoms. The molecule has 1 aliphatic heterocycles. The second-order valence-corrected chi connectivity index (χ2v) is 6.91. The van der Waals surface area contributed by atoms with Crippen LogP contribution in [0.25, 0.3) is 22.6 Å². The van der Waals surface area contributed by atoms with Crippen molar-refractivity contribution in [3.8, 4) is 28.4 Å². The van der Waals surface area contributed by atoms with Crippen LogP contribution in [0, 0.1) is 5.82 Å². The lowest BCUT2D eigenvalue weighted by molar-refractivity contribution is 0.415. The Kier molecular flexibility index (Phi) is 4.28. The summed E-state index contributed by atoms with van der Waals surface area (Å²) in [6.07, 6.45) is -0.518. The second kappa shape index (κ2) is 7.11. The number of nitrogens with zero attached hydrogens (tertiary/aromatic N) is 3. The molecule has 148 valence electrons. The summed E-state index contributed by atoms with van der Waals surface area (Å²) in [5.41, 5.74) is 2.64. The summed E-state index contributed by atoms with van der Waals surface area (Å²) >= 11 is 0. The van der Waals surface area contributed by atoms with E-state index in [0.717, 1.165) is 11.3 Å². The van der Waals surface area contributed by atoms with Gasteiger partial charge in [-0.1, -0.05) is 24.3 Å². The molecule has 1 atom stereocenters. The fraction of sp³-hybridized carbons (Fsp3) is 0.0870. The Morgan fingerprint density at radius 1 is 1.03 bits per heavy atom. The second-order valence-electron chi connectivity index (χ2n) is 6.91. The third kappa shape index (κ3) is 3.00. The molecule has 0 fully saturated rings. The number of aromatic nitrogens is 3. The first-order valence-corrected chi connectivity index (χ1v) is 9.41. The van der Waals surface area contributed by atoms with Crippen molar-refractivity contribution in [2.45, 2.75) is 6.17 Å². The van der Waals surface area contributed by atoms with Crippen LogP contribution in [0.15, 0.2) is 77.6 Å². The van der Waals surface area contributed by atoms with Crippen LogP contribution >= 0.6 is 0 Å². The molecule has 4 aromatic rings. The lowest BCUT2D eigenvalue weighted by atomic mass is 10.1. The predicted molar refractivity (Wildman–Crippen MR) is 112 cm³/mol. The van der Waals surface area contributed by atoms with E-state index in [9.17, 15) is 9.18 Å². The molecule has 0 aliphatic carbocycles. The van der Waals surface area contributed by atoms with Crippen molar-refractivity contribution in [1.29, 1.82) is 0 Å². The van der Waals surface area contributed by atoms with Crippen LogP contribution in [0.5, 0.6) is 5.75 Å². The number of hydrogen-bond acceptors (Lipinski definition) is 5. The Morgan fingerprint density at radius 3 is 2.60 bits per heavy atom.